The fraction of sp³-hybridized carbons (Fsp3) is 0.688. The van der Waals surface area contributed by atoms with E-state index in [1.807, 2.05) is 6.92 Å². The van der Waals surface area contributed by atoms with Gasteiger partial charge in [0.15, 0.2) is 0 Å². The second-order valence-electron chi connectivity index (χ2n) is 6.67. The lowest BCUT2D eigenvalue weighted by molar-refractivity contribution is -0.108. The summed E-state index contributed by atoms with van der Waals surface area (Å²) in [5.74, 6) is 0. The third-order valence-corrected chi connectivity index (χ3v) is 4.82. The van der Waals surface area contributed by atoms with E-state index in [9.17, 15) is 15.3 Å². The van der Waals surface area contributed by atoms with Crippen LogP contribution in [0.5, 0.6) is 0 Å². The summed E-state index contributed by atoms with van der Waals surface area (Å²) in [5.41, 5.74) is 1.96. The zero-order chi connectivity index (χ0) is 16.0. The molecule has 1 saturated carbocycles. The Labute approximate surface area is 130 Å². The zero-order valence-electron chi connectivity index (χ0n) is 12.6. The quantitative estimate of drug-likeness (QED) is 0.412. The molecule has 1 aliphatic heterocycles. The number of hydrogen-bond donors (Lipinski definition) is 3. The summed E-state index contributed by atoms with van der Waals surface area (Å²) < 4.78 is 5.80. The molecule has 21 heavy (non-hydrogen) atoms. The zero-order valence-corrected chi connectivity index (χ0v) is 13.4. The number of halogens is 1. The molecular formula is C16H23ClO4. The number of allylic oxidation sites excluding steroid dienone is 1. The van der Waals surface area contributed by atoms with Crippen molar-refractivity contribution in [1.29, 1.82) is 0 Å². The van der Waals surface area contributed by atoms with Gasteiger partial charge >= 0.3 is 0 Å². The first-order valence-corrected chi connectivity index (χ1v) is 7.52. The standard InChI is InChI=1S/C16H23ClO4/c1-9(2)5-6-10-7-11-16(20,14(17)13(10)18)8-12(21-11)15(3,4)19/h5,11-14,18-20H,1,7-8H2,2-4H3/t6?,11-,12+,13+,14-,16-/m0/s1. The predicted octanol–water partition coefficient (Wildman–Crippen LogP) is 1.68. The Balaban J connectivity index is 2.32. The van der Waals surface area contributed by atoms with Crippen molar-refractivity contribution in [2.75, 3.05) is 0 Å². The third-order valence-electron chi connectivity index (χ3n) is 4.21. The lowest BCUT2D eigenvalue weighted by Gasteiger charge is -2.40. The lowest BCUT2D eigenvalue weighted by atomic mass is 9.75. The Morgan fingerprint density at radius 3 is 2.71 bits per heavy atom. The minimum Gasteiger partial charge on any atom is -0.388 e. The molecule has 0 aromatic rings. The van der Waals surface area contributed by atoms with E-state index in [0.29, 0.717) is 12.0 Å². The fourth-order valence-corrected chi connectivity index (χ4v) is 3.24. The van der Waals surface area contributed by atoms with Crippen LogP contribution < -0.4 is 0 Å². The van der Waals surface area contributed by atoms with Gasteiger partial charge in [-0.2, -0.15) is 0 Å². The van der Waals surface area contributed by atoms with Gasteiger partial charge in [0.25, 0.3) is 0 Å². The SMILES string of the molecule is C=C(C)C=C=C1C[C@@H]2O[C@@H](C(C)(C)O)C[C@@]2(O)[C@@H](Cl)[C@@H]1O. The van der Waals surface area contributed by atoms with Crippen LogP contribution in [-0.2, 0) is 4.74 Å². The van der Waals surface area contributed by atoms with Crippen molar-refractivity contribution in [2.45, 2.75) is 68.5 Å². The van der Waals surface area contributed by atoms with E-state index < -0.39 is 34.9 Å². The first-order chi connectivity index (χ1) is 9.55. The summed E-state index contributed by atoms with van der Waals surface area (Å²) in [7, 11) is 0. The monoisotopic (exact) mass is 314 g/mol. The maximum atomic E-state index is 10.8. The van der Waals surface area contributed by atoms with Crippen LogP contribution in [0.2, 0.25) is 0 Å². The van der Waals surface area contributed by atoms with Gasteiger partial charge in [-0.25, -0.2) is 0 Å². The molecule has 0 amide bonds. The van der Waals surface area contributed by atoms with E-state index in [1.54, 1.807) is 19.9 Å². The molecule has 0 unspecified atom stereocenters. The molecule has 0 radical (unpaired) electrons. The molecule has 2 rings (SSSR count). The van der Waals surface area contributed by atoms with Crippen LogP contribution in [0.3, 0.4) is 0 Å². The van der Waals surface area contributed by atoms with Crippen molar-refractivity contribution in [3.05, 3.63) is 29.5 Å². The minimum absolute atomic E-state index is 0.198. The molecule has 0 spiro atoms. The Hall–Kier alpha value is -0.610. The topological polar surface area (TPSA) is 69.9 Å². The smallest absolute Gasteiger partial charge is 0.113 e. The van der Waals surface area contributed by atoms with E-state index in [4.69, 9.17) is 16.3 Å². The van der Waals surface area contributed by atoms with Gasteiger partial charge < -0.3 is 20.1 Å². The molecule has 118 valence electrons. The lowest BCUT2D eigenvalue weighted by Crippen LogP contribution is -2.56. The van der Waals surface area contributed by atoms with Crippen molar-refractivity contribution in [3.8, 4) is 0 Å². The Morgan fingerprint density at radius 1 is 1.57 bits per heavy atom. The molecule has 4 nitrogen and oxygen atoms in total. The van der Waals surface area contributed by atoms with Gasteiger partial charge in [0.05, 0.1) is 23.2 Å². The van der Waals surface area contributed by atoms with Crippen LogP contribution in [-0.4, -0.2) is 50.2 Å². The van der Waals surface area contributed by atoms with Crippen molar-refractivity contribution in [1.82, 2.24) is 0 Å². The van der Waals surface area contributed by atoms with Gasteiger partial charge in [0, 0.05) is 18.4 Å². The number of hydrogen-bond acceptors (Lipinski definition) is 4. The summed E-state index contributed by atoms with van der Waals surface area (Å²) >= 11 is 6.28. The van der Waals surface area contributed by atoms with Crippen LogP contribution in [0.1, 0.15) is 33.6 Å². The van der Waals surface area contributed by atoms with Gasteiger partial charge in [0.2, 0.25) is 0 Å². The molecule has 2 aliphatic rings. The molecule has 5 atom stereocenters. The summed E-state index contributed by atoms with van der Waals surface area (Å²) in [6, 6.07) is 0. The van der Waals surface area contributed by atoms with Gasteiger partial charge in [-0.3, -0.25) is 0 Å². The third kappa shape index (κ3) is 3.11. The average Bonchev–Trinajstić information content (AvgIpc) is 2.70. The molecule has 0 bridgehead atoms. The molecule has 1 saturated heterocycles. The molecule has 1 aliphatic carbocycles. The van der Waals surface area contributed by atoms with Gasteiger partial charge in [-0.05, 0) is 26.8 Å². The molecule has 5 heteroatoms. The molecule has 1 heterocycles. The summed E-state index contributed by atoms with van der Waals surface area (Å²) in [6.07, 6.45) is 0.134. The van der Waals surface area contributed by atoms with E-state index >= 15 is 0 Å². The highest BCUT2D eigenvalue weighted by atomic mass is 35.5. The summed E-state index contributed by atoms with van der Waals surface area (Å²) in [6.45, 7) is 8.84. The summed E-state index contributed by atoms with van der Waals surface area (Å²) in [4.78, 5) is 0. The fourth-order valence-electron chi connectivity index (χ4n) is 2.85. The number of alkyl halides is 1. The van der Waals surface area contributed by atoms with E-state index in [1.165, 1.54) is 0 Å². The van der Waals surface area contributed by atoms with Crippen molar-refractivity contribution < 1.29 is 20.1 Å². The van der Waals surface area contributed by atoms with E-state index in [0.717, 1.165) is 5.57 Å². The number of aliphatic hydroxyl groups is 3. The minimum atomic E-state index is -1.35. The van der Waals surface area contributed by atoms with E-state index in [-0.39, 0.29) is 6.42 Å². The molecule has 0 aromatic heterocycles. The second kappa shape index (κ2) is 5.54. The first kappa shape index (κ1) is 16.8. The Bertz CT molecular complexity index is 501. The Kier molecular flexibility index (Phi) is 4.42. The van der Waals surface area contributed by atoms with Crippen molar-refractivity contribution in [3.63, 3.8) is 0 Å². The van der Waals surface area contributed by atoms with Crippen LogP contribution >= 0.6 is 11.6 Å². The van der Waals surface area contributed by atoms with Gasteiger partial charge in [-0.1, -0.05) is 12.2 Å². The molecule has 2 fully saturated rings. The molecular weight excluding hydrogens is 292 g/mol. The van der Waals surface area contributed by atoms with Gasteiger partial charge in [0.1, 0.15) is 11.7 Å². The van der Waals surface area contributed by atoms with Crippen molar-refractivity contribution in [2.24, 2.45) is 0 Å². The highest BCUT2D eigenvalue weighted by Crippen LogP contribution is 2.47. The number of fused-ring (bicyclic) bond motifs is 1. The second-order valence-corrected chi connectivity index (χ2v) is 7.14. The highest BCUT2D eigenvalue weighted by molar-refractivity contribution is 6.22. The largest absolute Gasteiger partial charge is 0.388 e. The number of aliphatic hydroxyl groups excluding tert-OH is 1. The van der Waals surface area contributed by atoms with Crippen LogP contribution in [0, 0.1) is 0 Å². The Morgan fingerprint density at radius 2 is 2.19 bits per heavy atom. The highest BCUT2D eigenvalue weighted by Gasteiger charge is 2.59. The van der Waals surface area contributed by atoms with Gasteiger partial charge in [-0.15, -0.1) is 17.3 Å². The normalized spacial score (nSPS) is 39.7. The average molecular weight is 315 g/mol. The predicted molar refractivity (Wildman–Crippen MR) is 81.2 cm³/mol. The number of rotatable bonds is 2. The maximum absolute atomic E-state index is 10.8. The van der Waals surface area contributed by atoms with Crippen LogP contribution in [0.25, 0.3) is 0 Å². The van der Waals surface area contributed by atoms with Crippen LogP contribution in [0.4, 0.5) is 0 Å². The number of ether oxygens (including phenoxy) is 1. The van der Waals surface area contributed by atoms with Crippen LogP contribution in [0.15, 0.2) is 29.5 Å². The molecule has 0 aromatic carbocycles. The van der Waals surface area contributed by atoms with E-state index in [2.05, 4.69) is 12.3 Å². The maximum Gasteiger partial charge on any atom is 0.113 e. The summed E-state index contributed by atoms with van der Waals surface area (Å²) in [5, 5.41) is 30.3. The van der Waals surface area contributed by atoms with Crippen molar-refractivity contribution >= 4 is 11.6 Å². The molecule has 3 N–H and O–H groups in total. The first-order valence-electron chi connectivity index (χ1n) is 7.09.